The summed E-state index contributed by atoms with van der Waals surface area (Å²) in [6.45, 7) is 6.45. The molecule has 41 heavy (non-hydrogen) atoms. The Bertz CT molecular complexity index is 1470. The summed E-state index contributed by atoms with van der Waals surface area (Å²) in [4.78, 5) is 17.0. The van der Waals surface area contributed by atoms with Gasteiger partial charge in [0.1, 0.15) is 12.4 Å². The Balaban J connectivity index is 1.59. The number of piperazine rings is 1. The van der Waals surface area contributed by atoms with Crippen molar-refractivity contribution in [3.05, 3.63) is 89.0 Å². The summed E-state index contributed by atoms with van der Waals surface area (Å²) < 4.78 is 62.6. The molecular formula is C31H37F2N3O4S. The molecule has 0 spiro atoms. The van der Waals surface area contributed by atoms with E-state index in [9.17, 15) is 22.0 Å². The van der Waals surface area contributed by atoms with Crippen molar-refractivity contribution < 1.29 is 26.7 Å². The number of hydrogen-bond acceptors (Lipinski definition) is 5. The van der Waals surface area contributed by atoms with Gasteiger partial charge in [-0.2, -0.15) is 0 Å². The summed E-state index contributed by atoms with van der Waals surface area (Å²) in [6, 6.07) is 19.0. The lowest BCUT2D eigenvalue weighted by molar-refractivity contribution is 0.0156. The lowest BCUT2D eigenvalue weighted by Gasteiger charge is -2.37. The maximum absolute atomic E-state index is 14.3. The van der Waals surface area contributed by atoms with E-state index in [1.165, 1.54) is 16.4 Å². The Labute approximate surface area is 241 Å². The van der Waals surface area contributed by atoms with Crippen LogP contribution in [0.2, 0.25) is 0 Å². The average molecular weight is 586 g/mol. The van der Waals surface area contributed by atoms with E-state index in [-0.39, 0.29) is 29.1 Å². The second-order valence-corrected chi connectivity index (χ2v) is 12.5. The molecule has 0 N–H and O–H groups in total. The van der Waals surface area contributed by atoms with E-state index in [0.717, 1.165) is 12.5 Å². The van der Waals surface area contributed by atoms with Gasteiger partial charge in [-0.1, -0.05) is 48.9 Å². The molecule has 10 heteroatoms. The Morgan fingerprint density at radius 3 is 2.32 bits per heavy atom. The molecule has 0 bridgehead atoms. The second-order valence-electron chi connectivity index (χ2n) is 10.4. The van der Waals surface area contributed by atoms with Crippen molar-refractivity contribution in [1.82, 2.24) is 9.21 Å². The summed E-state index contributed by atoms with van der Waals surface area (Å²) in [5, 5.41) is 0. The first kappa shape index (κ1) is 30.5. The summed E-state index contributed by atoms with van der Waals surface area (Å²) >= 11 is 0. The maximum Gasteiger partial charge on any atom is 0.271 e. The third kappa shape index (κ3) is 7.05. The normalized spacial score (nSPS) is 14.4. The molecule has 0 aliphatic carbocycles. The third-order valence-electron chi connectivity index (χ3n) is 7.20. The van der Waals surface area contributed by atoms with Crippen LogP contribution in [0.25, 0.3) is 0 Å². The first-order valence-corrected chi connectivity index (χ1v) is 15.2. The smallest absolute Gasteiger partial charge is 0.271 e. The van der Waals surface area contributed by atoms with Gasteiger partial charge in [-0.15, -0.1) is 0 Å². The van der Waals surface area contributed by atoms with E-state index < -0.39 is 21.9 Å². The Morgan fingerprint density at radius 1 is 1.00 bits per heavy atom. The van der Waals surface area contributed by atoms with E-state index in [4.69, 9.17) is 4.74 Å². The molecule has 1 aliphatic rings. The number of sulfonamides is 1. The van der Waals surface area contributed by atoms with Crippen LogP contribution in [0.5, 0.6) is 5.75 Å². The van der Waals surface area contributed by atoms with Crippen LogP contribution in [0.3, 0.4) is 0 Å². The predicted molar refractivity (Wildman–Crippen MR) is 156 cm³/mol. The first-order chi connectivity index (χ1) is 19.4. The van der Waals surface area contributed by atoms with Gasteiger partial charge < -0.3 is 14.5 Å². The van der Waals surface area contributed by atoms with Gasteiger partial charge in [0.15, 0.2) is 0 Å². The van der Waals surface area contributed by atoms with Crippen molar-refractivity contribution in [2.24, 2.45) is 0 Å². The Morgan fingerprint density at radius 2 is 1.68 bits per heavy atom. The molecule has 1 aliphatic heterocycles. The van der Waals surface area contributed by atoms with Crippen LogP contribution in [-0.4, -0.2) is 63.3 Å². The fourth-order valence-corrected chi connectivity index (χ4v) is 6.19. The van der Waals surface area contributed by atoms with Crippen LogP contribution in [-0.2, 0) is 22.6 Å². The number of anilines is 1. The van der Waals surface area contributed by atoms with Crippen molar-refractivity contribution in [2.75, 3.05) is 44.7 Å². The van der Waals surface area contributed by atoms with Gasteiger partial charge >= 0.3 is 0 Å². The number of amides is 1. The van der Waals surface area contributed by atoms with E-state index in [2.05, 4.69) is 0 Å². The number of alkyl halides is 2. The minimum Gasteiger partial charge on any atom is -0.487 e. The number of nitrogens with zero attached hydrogens (tertiary/aromatic N) is 3. The number of rotatable bonds is 10. The second kappa shape index (κ2) is 12.6. The molecule has 0 unspecified atom stereocenters. The average Bonchev–Trinajstić information content (AvgIpc) is 2.96. The monoisotopic (exact) mass is 585 g/mol. The SMILES string of the molecule is CCCN(C)S(=O)(=O)c1ccc(OCc2ccccc2)c(N2CCN(C(=O)c3ccc(C)cc3C(C)(F)F)CC2)c1. The minimum absolute atomic E-state index is 0.00418. The molecule has 3 aromatic carbocycles. The van der Waals surface area contributed by atoms with Crippen molar-refractivity contribution in [3.8, 4) is 5.75 Å². The van der Waals surface area contributed by atoms with Gasteiger partial charge in [-0.3, -0.25) is 4.79 Å². The number of halogens is 2. The highest BCUT2D eigenvalue weighted by atomic mass is 32.2. The van der Waals surface area contributed by atoms with Crippen LogP contribution in [0.4, 0.5) is 14.5 Å². The molecule has 0 radical (unpaired) electrons. The lowest BCUT2D eigenvalue weighted by Crippen LogP contribution is -2.49. The van der Waals surface area contributed by atoms with Crippen LogP contribution in [0.15, 0.2) is 71.6 Å². The number of ether oxygens (including phenoxy) is 1. The molecule has 0 saturated carbocycles. The number of benzene rings is 3. The molecule has 7 nitrogen and oxygen atoms in total. The minimum atomic E-state index is -3.71. The standard InChI is InChI=1S/C31H37F2N3O4S/c1-5-15-34(4)41(38,39)25-12-14-29(40-22-24-9-7-6-8-10-24)28(21-25)35-16-18-36(19-17-35)30(37)26-13-11-23(2)20-27(26)31(3,32)33/h6-14,20-21H,5,15-19,22H2,1-4H3. The fraction of sp³-hybridized carbons (Fsp3) is 0.387. The van der Waals surface area contributed by atoms with Crippen molar-refractivity contribution in [2.45, 2.75) is 44.6 Å². The topological polar surface area (TPSA) is 70.2 Å². The highest BCUT2D eigenvalue weighted by Crippen LogP contribution is 2.35. The largest absolute Gasteiger partial charge is 0.487 e. The number of carbonyl (C=O) groups excluding carboxylic acids is 1. The molecule has 0 aromatic heterocycles. The number of carbonyl (C=O) groups is 1. The van der Waals surface area contributed by atoms with Gasteiger partial charge in [0.2, 0.25) is 10.0 Å². The molecule has 1 amide bonds. The van der Waals surface area contributed by atoms with E-state index in [1.54, 1.807) is 43.1 Å². The quantitative estimate of drug-likeness (QED) is 0.306. The van der Waals surface area contributed by atoms with Crippen LogP contribution >= 0.6 is 0 Å². The molecule has 1 heterocycles. The number of hydrogen-bond donors (Lipinski definition) is 0. The van der Waals surface area contributed by atoms with Gasteiger partial charge in [0.05, 0.1) is 10.6 Å². The zero-order valence-electron chi connectivity index (χ0n) is 23.9. The molecular weight excluding hydrogens is 548 g/mol. The van der Waals surface area contributed by atoms with Gasteiger partial charge in [0, 0.05) is 57.8 Å². The molecule has 1 saturated heterocycles. The van der Waals surface area contributed by atoms with E-state index in [1.807, 2.05) is 42.2 Å². The summed E-state index contributed by atoms with van der Waals surface area (Å²) in [5.41, 5.74) is 1.95. The lowest BCUT2D eigenvalue weighted by atomic mass is 9.98. The van der Waals surface area contributed by atoms with E-state index in [0.29, 0.717) is 49.7 Å². The highest BCUT2D eigenvalue weighted by Gasteiger charge is 2.33. The van der Waals surface area contributed by atoms with Gasteiger partial charge in [-0.05, 0) is 49.2 Å². The highest BCUT2D eigenvalue weighted by molar-refractivity contribution is 7.89. The first-order valence-electron chi connectivity index (χ1n) is 13.7. The molecule has 3 aromatic rings. The fourth-order valence-electron chi connectivity index (χ4n) is 4.91. The van der Waals surface area contributed by atoms with E-state index >= 15 is 0 Å². The van der Waals surface area contributed by atoms with Crippen LogP contribution < -0.4 is 9.64 Å². The molecule has 0 atom stereocenters. The van der Waals surface area contributed by atoms with Crippen molar-refractivity contribution >= 4 is 21.6 Å². The van der Waals surface area contributed by atoms with Crippen LogP contribution in [0.1, 0.15) is 47.3 Å². The summed E-state index contributed by atoms with van der Waals surface area (Å²) in [6.07, 6.45) is 0.684. The predicted octanol–water partition coefficient (Wildman–Crippen LogP) is 5.68. The van der Waals surface area contributed by atoms with Crippen LogP contribution in [0, 0.1) is 6.92 Å². The van der Waals surface area contributed by atoms with Crippen molar-refractivity contribution in [1.29, 1.82) is 0 Å². The van der Waals surface area contributed by atoms with Crippen molar-refractivity contribution in [3.63, 3.8) is 0 Å². The van der Waals surface area contributed by atoms with Gasteiger partial charge in [0.25, 0.3) is 11.8 Å². The van der Waals surface area contributed by atoms with Gasteiger partial charge in [-0.25, -0.2) is 21.5 Å². The summed E-state index contributed by atoms with van der Waals surface area (Å²) in [7, 11) is -2.16. The number of aryl methyl sites for hydroxylation is 1. The zero-order valence-corrected chi connectivity index (χ0v) is 24.8. The maximum atomic E-state index is 14.3. The molecule has 220 valence electrons. The third-order valence-corrected chi connectivity index (χ3v) is 9.05. The Hall–Kier alpha value is -3.50. The molecule has 1 fully saturated rings. The summed E-state index contributed by atoms with van der Waals surface area (Å²) in [5.74, 6) is -3.07. The Kier molecular flexibility index (Phi) is 9.34. The molecule has 4 rings (SSSR count). The zero-order chi connectivity index (χ0) is 29.8.